The van der Waals surface area contributed by atoms with Crippen LogP contribution in [0.5, 0.6) is 0 Å². The van der Waals surface area contributed by atoms with Crippen LogP contribution in [0.1, 0.15) is 34.5 Å². The second-order valence-electron chi connectivity index (χ2n) is 6.70. The number of hydrogen-bond donors (Lipinski definition) is 0. The fraction of sp³-hybridized carbons (Fsp3) is 0.450. The van der Waals surface area contributed by atoms with Crippen LogP contribution in [0.25, 0.3) is 0 Å². The van der Waals surface area contributed by atoms with E-state index >= 15 is 0 Å². The number of piperidine rings is 1. The minimum atomic E-state index is 0.0305. The van der Waals surface area contributed by atoms with Crippen molar-refractivity contribution in [1.82, 2.24) is 9.80 Å². The standard InChI is InChI=1S/C20H26N2O2/c1-16-11-15-24-19(16)20(23)22(18-9-12-21(2)13-10-18)14-8-17-6-4-3-5-7-17/h3-7,11,15,18H,8-10,12-14H2,1-2H3. The Morgan fingerprint density at radius 1 is 1.21 bits per heavy atom. The van der Waals surface area contributed by atoms with Crippen molar-refractivity contribution in [1.29, 1.82) is 0 Å². The van der Waals surface area contributed by atoms with Crippen molar-refractivity contribution >= 4 is 5.91 Å². The second kappa shape index (κ2) is 7.67. The van der Waals surface area contributed by atoms with Gasteiger partial charge in [0, 0.05) is 18.2 Å². The summed E-state index contributed by atoms with van der Waals surface area (Å²) >= 11 is 0. The number of furan rings is 1. The van der Waals surface area contributed by atoms with Gasteiger partial charge in [-0.25, -0.2) is 0 Å². The first-order valence-electron chi connectivity index (χ1n) is 8.72. The van der Waals surface area contributed by atoms with E-state index in [0.717, 1.165) is 44.5 Å². The zero-order valence-electron chi connectivity index (χ0n) is 14.6. The molecule has 4 heteroatoms. The third-order valence-corrected chi connectivity index (χ3v) is 4.93. The highest BCUT2D eigenvalue weighted by molar-refractivity contribution is 5.93. The van der Waals surface area contributed by atoms with Crippen LogP contribution >= 0.6 is 0 Å². The Labute approximate surface area is 144 Å². The predicted octanol–water partition coefficient (Wildman–Crippen LogP) is 3.37. The minimum Gasteiger partial charge on any atom is -0.459 e. The first kappa shape index (κ1) is 16.8. The summed E-state index contributed by atoms with van der Waals surface area (Å²) < 4.78 is 5.47. The molecule has 2 heterocycles. The van der Waals surface area contributed by atoms with Gasteiger partial charge in [0.1, 0.15) is 0 Å². The molecule has 1 aliphatic rings. The summed E-state index contributed by atoms with van der Waals surface area (Å²) in [5.41, 5.74) is 2.18. The first-order valence-corrected chi connectivity index (χ1v) is 8.72. The summed E-state index contributed by atoms with van der Waals surface area (Å²) in [5.74, 6) is 0.518. The lowest BCUT2D eigenvalue weighted by atomic mass is 10.0. The monoisotopic (exact) mass is 326 g/mol. The number of likely N-dealkylation sites (tertiary alicyclic amines) is 1. The van der Waals surface area contributed by atoms with Gasteiger partial charge in [-0.3, -0.25) is 4.79 Å². The molecule has 24 heavy (non-hydrogen) atoms. The van der Waals surface area contributed by atoms with Crippen LogP contribution < -0.4 is 0 Å². The Morgan fingerprint density at radius 3 is 2.54 bits per heavy atom. The number of carbonyl (C=O) groups is 1. The van der Waals surface area contributed by atoms with Gasteiger partial charge in [0.25, 0.3) is 5.91 Å². The smallest absolute Gasteiger partial charge is 0.290 e. The van der Waals surface area contributed by atoms with Crippen molar-refractivity contribution in [3.05, 3.63) is 59.5 Å². The van der Waals surface area contributed by atoms with Gasteiger partial charge in [-0.1, -0.05) is 30.3 Å². The van der Waals surface area contributed by atoms with Crippen molar-refractivity contribution in [2.24, 2.45) is 0 Å². The van der Waals surface area contributed by atoms with E-state index in [1.54, 1.807) is 6.26 Å². The molecule has 0 bridgehead atoms. The molecule has 0 saturated carbocycles. The van der Waals surface area contributed by atoms with Crippen LogP contribution in [0.15, 0.2) is 47.1 Å². The Morgan fingerprint density at radius 2 is 1.92 bits per heavy atom. The summed E-state index contributed by atoms with van der Waals surface area (Å²) in [6, 6.07) is 12.5. The number of aryl methyl sites for hydroxylation is 1. The summed E-state index contributed by atoms with van der Waals surface area (Å²) in [6.45, 7) is 4.74. The van der Waals surface area contributed by atoms with Crippen molar-refractivity contribution < 1.29 is 9.21 Å². The molecular weight excluding hydrogens is 300 g/mol. The molecule has 2 aromatic rings. The highest BCUT2D eigenvalue weighted by Crippen LogP contribution is 2.21. The molecule has 4 nitrogen and oxygen atoms in total. The molecular formula is C20H26N2O2. The average molecular weight is 326 g/mol. The van der Waals surface area contributed by atoms with E-state index in [1.807, 2.05) is 36.1 Å². The minimum absolute atomic E-state index is 0.0305. The zero-order valence-corrected chi connectivity index (χ0v) is 14.6. The van der Waals surface area contributed by atoms with Gasteiger partial charge in [-0.2, -0.15) is 0 Å². The third kappa shape index (κ3) is 3.88. The van der Waals surface area contributed by atoms with Crippen LogP contribution in [-0.2, 0) is 6.42 Å². The van der Waals surface area contributed by atoms with Crippen LogP contribution in [0.2, 0.25) is 0 Å². The number of nitrogens with zero attached hydrogens (tertiary/aromatic N) is 2. The third-order valence-electron chi connectivity index (χ3n) is 4.93. The maximum atomic E-state index is 13.0. The Bertz CT molecular complexity index is 657. The van der Waals surface area contributed by atoms with Gasteiger partial charge in [0.2, 0.25) is 0 Å². The molecule has 1 fully saturated rings. The fourth-order valence-corrected chi connectivity index (χ4v) is 3.37. The van der Waals surface area contributed by atoms with Crippen LogP contribution in [-0.4, -0.2) is 48.4 Å². The molecule has 0 radical (unpaired) electrons. The van der Waals surface area contributed by atoms with Gasteiger partial charge < -0.3 is 14.2 Å². The van der Waals surface area contributed by atoms with E-state index in [1.165, 1.54) is 5.56 Å². The molecule has 0 aliphatic carbocycles. The lowest BCUT2D eigenvalue weighted by Gasteiger charge is -2.37. The van der Waals surface area contributed by atoms with E-state index in [2.05, 4.69) is 24.1 Å². The molecule has 1 aromatic heterocycles. The number of carbonyl (C=O) groups excluding carboxylic acids is 1. The van der Waals surface area contributed by atoms with Crippen molar-refractivity contribution in [3.8, 4) is 0 Å². The molecule has 0 atom stereocenters. The van der Waals surface area contributed by atoms with Crippen LogP contribution in [0.4, 0.5) is 0 Å². The van der Waals surface area contributed by atoms with Gasteiger partial charge in [0.15, 0.2) is 5.76 Å². The van der Waals surface area contributed by atoms with E-state index in [4.69, 9.17) is 4.42 Å². The van der Waals surface area contributed by atoms with Gasteiger partial charge >= 0.3 is 0 Å². The lowest BCUT2D eigenvalue weighted by molar-refractivity contribution is 0.0562. The summed E-state index contributed by atoms with van der Waals surface area (Å²) in [6.07, 6.45) is 4.53. The number of hydrogen-bond acceptors (Lipinski definition) is 3. The number of benzene rings is 1. The molecule has 1 saturated heterocycles. The van der Waals surface area contributed by atoms with Gasteiger partial charge in [0.05, 0.1) is 6.26 Å². The number of amides is 1. The molecule has 128 valence electrons. The fourth-order valence-electron chi connectivity index (χ4n) is 3.37. The maximum Gasteiger partial charge on any atom is 0.290 e. The average Bonchev–Trinajstić information content (AvgIpc) is 3.03. The quantitative estimate of drug-likeness (QED) is 0.845. The Balaban J connectivity index is 1.75. The zero-order chi connectivity index (χ0) is 16.9. The highest BCUT2D eigenvalue weighted by atomic mass is 16.3. The van der Waals surface area contributed by atoms with Crippen LogP contribution in [0, 0.1) is 6.92 Å². The van der Waals surface area contributed by atoms with Crippen molar-refractivity contribution in [3.63, 3.8) is 0 Å². The summed E-state index contributed by atoms with van der Waals surface area (Å²) in [7, 11) is 2.14. The topological polar surface area (TPSA) is 36.7 Å². The SMILES string of the molecule is Cc1ccoc1C(=O)N(CCc1ccccc1)C1CCN(C)CC1. The van der Waals surface area contributed by atoms with Crippen molar-refractivity contribution in [2.45, 2.75) is 32.2 Å². The highest BCUT2D eigenvalue weighted by Gasteiger charge is 2.29. The van der Waals surface area contributed by atoms with E-state index < -0.39 is 0 Å². The Kier molecular flexibility index (Phi) is 5.36. The molecule has 0 N–H and O–H groups in total. The maximum absolute atomic E-state index is 13.0. The van der Waals surface area contributed by atoms with E-state index in [9.17, 15) is 4.79 Å². The molecule has 3 rings (SSSR count). The Hall–Kier alpha value is -2.07. The van der Waals surface area contributed by atoms with Crippen molar-refractivity contribution in [2.75, 3.05) is 26.7 Å². The summed E-state index contributed by atoms with van der Waals surface area (Å²) in [4.78, 5) is 17.4. The molecule has 0 unspecified atom stereocenters. The second-order valence-corrected chi connectivity index (χ2v) is 6.70. The molecule has 1 aliphatic heterocycles. The number of rotatable bonds is 5. The van der Waals surface area contributed by atoms with E-state index in [0.29, 0.717) is 11.8 Å². The normalized spacial score (nSPS) is 16.2. The first-order chi connectivity index (χ1) is 11.6. The molecule has 1 aromatic carbocycles. The largest absolute Gasteiger partial charge is 0.459 e. The van der Waals surface area contributed by atoms with Gasteiger partial charge in [-0.15, -0.1) is 0 Å². The summed E-state index contributed by atoms with van der Waals surface area (Å²) in [5, 5.41) is 0. The van der Waals surface area contributed by atoms with E-state index in [-0.39, 0.29) is 5.91 Å². The predicted molar refractivity (Wildman–Crippen MR) is 95.1 cm³/mol. The lowest BCUT2D eigenvalue weighted by Crippen LogP contribution is -2.47. The van der Waals surface area contributed by atoms with Gasteiger partial charge in [-0.05, 0) is 58.0 Å². The molecule has 1 amide bonds. The molecule has 0 spiro atoms. The van der Waals surface area contributed by atoms with Crippen LogP contribution in [0.3, 0.4) is 0 Å².